The van der Waals surface area contributed by atoms with E-state index in [9.17, 15) is 0 Å². The summed E-state index contributed by atoms with van der Waals surface area (Å²) in [5, 5.41) is 12.2. The number of nitrogens with zero attached hydrogens (tertiary/aromatic N) is 3. The van der Waals surface area contributed by atoms with E-state index >= 15 is 0 Å². The number of hydrogen-bond donors (Lipinski definition) is 1. The highest BCUT2D eigenvalue weighted by atomic mass is 127. The Morgan fingerprint density at radius 3 is 2.83 bits per heavy atom. The molecule has 1 aromatic carbocycles. The Kier molecular flexibility index (Phi) is 3.33. The molecule has 0 saturated carbocycles. The van der Waals surface area contributed by atoms with Gasteiger partial charge in [0, 0.05) is 8.48 Å². The maximum Gasteiger partial charge on any atom is 0.0682 e. The van der Waals surface area contributed by atoms with Crippen LogP contribution >= 0.6 is 22.6 Å². The fourth-order valence-corrected chi connectivity index (χ4v) is 1.47. The Morgan fingerprint density at radius 1 is 1.58 bits per heavy atom. The Labute approximate surface area is 83.0 Å². The number of aliphatic hydroxyl groups excluding tert-OH is 1. The van der Waals surface area contributed by atoms with E-state index < -0.39 is 0 Å². The molecule has 0 amide bonds. The van der Waals surface area contributed by atoms with Crippen molar-refractivity contribution in [2.75, 3.05) is 0 Å². The van der Waals surface area contributed by atoms with E-state index in [0.29, 0.717) is 5.69 Å². The molecule has 5 heteroatoms. The van der Waals surface area contributed by atoms with Crippen LogP contribution < -0.4 is 0 Å². The lowest BCUT2D eigenvalue weighted by atomic mass is 10.2. The third-order valence-electron chi connectivity index (χ3n) is 1.35. The van der Waals surface area contributed by atoms with Crippen molar-refractivity contribution in [2.24, 2.45) is 5.11 Å². The van der Waals surface area contributed by atoms with Crippen LogP contribution in [0.5, 0.6) is 0 Å². The second-order valence-electron chi connectivity index (χ2n) is 2.13. The first-order chi connectivity index (χ1) is 5.77. The first kappa shape index (κ1) is 9.31. The lowest BCUT2D eigenvalue weighted by Crippen LogP contribution is -1.83. The van der Waals surface area contributed by atoms with Crippen LogP contribution in [0.2, 0.25) is 0 Å². The lowest BCUT2D eigenvalue weighted by molar-refractivity contribution is 0.282. The Hall–Kier alpha value is -0.780. The number of halogens is 1. The summed E-state index contributed by atoms with van der Waals surface area (Å²) in [7, 11) is 0. The molecule has 62 valence electrons. The molecule has 0 aliphatic heterocycles. The maximum absolute atomic E-state index is 8.78. The third kappa shape index (κ3) is 2.10. The number of aliphatic hydroxyl groups is 1. The molecule has 0 fully saturated rings. The third-order valence-corrected chi connectivity index (χ3v) is 2.21. The minimum atomic E-state index is 0.00650. The zero-order valence-electron chi connectivity index (χ0n) is 6.11. The molecule has 1 N–H and O–H groups in total. The zero-order chi connectivity index (χ0) is 8.97. The van der Waals surface area contributed by atoms with Gasteiger partial charge in [0.2, 0.25) is 0 Å². The summed E-state index contributed by atoms with van der Waals surface area (Å²) in [6, 6.07) is 5.20. The summed E-state index contributed by atoms with van der Waals surface area (Å²) in [6.07, 6.45) is 0. The van der Waals surface area contributed by atoms with Crippen molar-refractivity contribution in [2.45, 2.75) is 6.61 Å². The highest BCUT2D eigenvalue weighted by Gasteiger charge is 1.97. The van der Waals surface area contributed by atoms with Crippen LogP contribution in [0.1, 0.15) is 5.56 Å². The molecule has 0 unspecified atom stereocenters. The van der Waals surface area contributed by atoms with Gasteiger partial charge in [-0.2, -0.15) is 0 Å². The van der Waals surface area contributed by atoms with Gasteiger partial charge in [-0.3, -0.25) is 0 Å². The van der Waals surface area contributed by atoms with Crippen molar-refractivity contribution in [1.29, 1.82) is 0 Å². The van der Waals surface area contributed by atoms with Gasteiger partial charge in [0.15, 0.2) is 0 Å². The van der Waals surface area contributed by atoms with Crippen molar-refractivity contribution >= 4 is 28.3 Å². The van der Waals surface area contributed by atoms with E-state index in [-0.39, 0.29) is 6.61 Å². The minimum Gasteiger partial charge on any atom is -0.392 e. The first-order valence-electron chi connectivity index (χ1n) is 3.22. The van der Waals surface area contributed by atoms with E-state index in [1.54, 1.807) is 18.2 Å². The van der Waals surface area contributed by atoms with Crippen LogP contribution in [0.15, 0.2) is 23.3 Å². The normalized spacial score (nSPS) is 9.17. The lowest BCUT2D eigenvalue weighted by Gasteiger charge is -1.99. The van der Waals surface area contributed by atoms with Crippen LogP contribution in [-0.4, -0.2) is 5.11 Å². The molecule has 1 aromatic rings. The molecular weight excluding hydrogens is 269 g/mol. The number of azide groups is 1. The van der Waals surface area contributed by atoms with Gasteiger partial charge in [-0.05, 0) is 39.8 Å². The summed E-state index contributed by atoms with van der Waals surface area (Å²) in [6.45, 7) is 0.00650. The monoisotopic (exact) mass is 275 g/mol. The quantitative estimate of drug-likeness (QED) is 0.383. The van der Waals surface area contributed by atoms with Gasteiger partial charge in [-0.15, -0.1) is 0 Å². The smallest absolute Gasteiger partial charge is 0.0682 e. The number of rotatable bonds is 2. The molecule has 0 atom stereocenters. The second-order valence-corrected chi connectivity index (χ2v) is 3.30. The number of benzene rings is 1. The van der Waals surface area contributed by atoms with Crippen molar-refractivity contribution in [3.63, 3.8) is 0 Å². The fourth-order valence-electron chi connectivity index (χ4n) is 0.778. The molecule has 0 saturated heterocycles. The van der Waals surface area contributed by atoms with Gasteiger partial charge in [-0.1, -0.05) is 17.2 Å². The molecule has 0 aliphatic rings. The molecule has 0 heterocycles. The van der Waals surface area contributed by atoms with Gasteiger partial charge in [-0.25, -0.2) is 0 Å². The highest BCUT2D eigenvalue weighted by molar-refractivity contribution is 14.1. The topological polar surface area (TPSA) is 69.0 Å². The SMILES string of the molecule is [N-]=[N+]=Nc1ccc(CO)cc1I. The van der Waals surface area contributed by atoms with Crippen LogP contribution in [-0.2, 0) is 6.61 Å². The van der Waals surface area contributed by atoms with E-state index in [4.69, 9.17) is 10.6 Å². The molecule has 1 rings (SSSR count). The average Bonchev–Trinajstić information content (AvgIpc) is 2.09. The van der Waals surface area contributed by atoms with Crippen LogP contribution in [0.25, 0.3) is 10.4 Å². The highest BCUT2D eigenvalue weighted by Crippen LogP contribution is 2.22. The summed E-state index contributed by atoms with van der Waals surface area (Å²) in [5.74, 6) is 0. The van der Waals surface area contributed by atoms with Crippen LogP contribution in [0, 0.1) is 3.57 Å². The molecular formula is C7H6IN3O. The maximum atomic E-state index is 8.78. The van der Waals surface area contributed by atoms with Crippen molar-refractivity contribution < 1.29 is 5.11 Å². The standard InChI is InChI=1S/C7H6IN3O/c8-6-3-5(4-12)1-2-7(6)10-11-9/h1-3,12H,4H2. The predicted molar refractivity (Wildman–Crippen MR) is 53.9 cm³/mol. The van der Waals surface area contributed by atoms with Crippen LogP contribution in [0.4, 0.5) is 5.69 Å². The Bertz CT molecular complexity index is 333. The molecule has 0 aromatic heterocycles. The summed E-state index contributed by atoms with van der Waals surface area (Å²) < 4.78 is 0.844. The predicted octanol–water partition coefficient (Wildman–Crippen LogP) is 2.73. The van der Waals surface area contributed by atoms with E-state index in [0.717, 1.165) is 9.13 Å². The first-order valence-corrected chi connectivity index (χ1v) is 4.30. The van der Waals surface area contributed by atoms with Gasteiger partial charge in [0.25, 0.3) is 0 Å². The van der Waals surface area contributed by atoms with E-state index in [1.165, 1.54) is 0 Å². The summed E-state index contributed by atoms with van der Waals surface area (Å²) in [4.78, 5) is 2.68. The van der Waals surface area contributed by atoms with Crippen molar-refractivity contribution in [1.82, 2.24) is 0 Å². The zero-order valence-corrected chi connectivity index (χ0v) is 8.26. The molecule has 0 aliphatic carbocycles. The molecule has 0 radical (unpaired) electrons. The van der Waals surface area contributed by atoms with Gasteiger partial charge in [0.05, 0.1) is 12.3 Å². The molecule has 0 bridgehead atoms. The van der Waals surface area contributed by atoms with E-state index in [2.05, 4.69) is 32.6 Å². The van der Waals surface area contributed by atoms with Gasteiger partial charge in [0.1, 0.15) is 0 Å². The van der Waals surface area contributed by atoms with Crippen molar-refractivity contribution in [3.05, 3.63) is 37.8 Å². The largest absolute Gasteiger partial charge is 0.392 e. The second kappa shape index (κ2) is 4.30. The minimum absolute atomic E-state index is 0.00650. The Balaban J connectivity index is 3.11. The molecule has 12 heavy (non-hydrogen) atoms. The Morgan fingerprint density at radius 2 is 2.33 bits per heavy atom. The average molecular weight is 275 g/mol. The van der Waals surface area contributed by atoms with Crippen molar-refractivity contribution in [3.8, 4) is 0 Å². The van der Waals surface area contributed by atoms with Gasteiger partial charge >= 0.3 is 0 Å². The molecule has 0 spiro atoms. The summed E-state index contributed by atoms with van der Waals surface area (Å²) in [5.41, 5.74) is 9.59. The van der Waals surface area contributed by atoms with Crippen LogP contribution in [0.3, 0.4) is 0 Å². The summed E-state index contributed by atoms with van der Waals surface area (Å²) >= 11 is 2.06. The van der Waals surface area contributed by atoms with E-state index in [1.807, 2.05) is 0 Å². The number of hydrogen-bond acceptors (Lipinski definition) is 2. The molecule has 4 nitrogen and oxygen atoms in total. The van der Waals surface area contributed by atoms with Gasteiger partial charge < -0.3 is 5.11 Å². The fraction of sp³-hybridized carbons (Fsp3) is 0.143.